The number of rotatable bonds is 3. The first-order valence-electron chi connectivity index (χ1n) is 7.79. The normalized spacial score (nSPS) is 19.8. The van der Waals surface area contributed by atoms with Crippen LogP contribution in [-0.2, 0) is 24.2 Å². The van der Waals surface area contributed by atoms with Crippen LogP contribution >= 0.6 is 0 Å². The fourth-order valence-electron chi connectivity index (χ4n) is 3.33. The predicted octanol–water partition coefficient (Wildman–Crippen LogP) is 0.772. The third-order valence-corrected chi connectivity index (χ3v) is 4.54. The molecule has 0 saturated carbocycles. The van der Waals surface area contributed by atoms with Gasteiger partial charge in [-0.25, -0.2) is 9.67 Å². The van der Waals surface area contributed by atoms with Crippen LogP contribution in [0.4, 0.5) is 5.69 Å². The van der Waals surface area contributed by atoms with E-state index in [1.54, 1.807) is 6.33 Å². The lowest BCUT2D eigenvalue weighted by atomic mass is 10.1. The van der Waals surface area contributed by atoms with Gasteiger partial charge in [0.25, 0.3) is 0 Å². The number of carbonyl (C=O) groups excluding carboxylic acids is 1. The quantitative estimate of drug-likeness (QED) is 0.909. The molecule has 0 spiro atoms. The smallest absolute Gasteiger partial charge is 0.240 e. The van der Waals surface area contributed by atoms with Crippen molar-refractivity contribution in [3.63, 3.8) is 0 Å². The molecular formula is C16H19N5O. The van der Waals surface area contributed by atoms with Crippen LogP contribution in [0.15, 0.2) is 30.6 Å². The van der Waals surface area contributed by atoms with Gasteiger partial charge in [-0.15, -0.1) is 0 Å². The fraction of sp³-hybridized carbons (Fsp3) is 0.438. The van der Waals surface area contributed by atoms with Gasteiger partial charge in [0.2, 0.25) is 5.91 Å². The summed E-state index contributed by atoms with van der Waals surface area (Å²) in [5, 5.41) is 7.59. The van der Waals surface area contributed by atoms with Gasteiger partial charge in [-0.2, -0.15) is 5.10 Å². The van der Waals surface area contributed by atoms with Gasteiger partial charge in [-0.1, -0.05) is 18.2 Å². The fourth-order valence-corrected chi connectivity index (χ4v) is 3.33. The average Bonchev–Trinajstić information content (AvgIpc) is 3.18. The minimum Gasteiger partial charge on any atom is -0.311 e. The van der Waals surface area contributed by atoms with Gasteiger partial charge in [-0.05, 0) is 24.5 Å². The lowest BCUT2D eigenvalue weighted by molar-refractivity contribution is -0.117. The number of aryl methyl sites for hydroxylation is 1. The van der Waals surface area contributed by atoms with Crippen LogP contribution in [0.3, 0.4) is 0 Å². The number of hydrogen-bond donors (Lipinski definition) is 1. The number of nitrogens with zero attached hydrogens (tertiary/aromatic N) is 4. The van der Waals surface area contributed by atoms with Gasteiger partial charge in [0, 0.05) is 24.7 Å². The number of aromatic nitrogens is 3. The van der Waals surface area contributed by atoms with Crippen molar-refractivity contribution in [1.82, 2.24) is 20.1 Å². The lowest BCUT2D eigenvalue weighted by Gasteiger charge is -2.25. The highest BCUT2D eigenvalue weighted by Gasteiger charge is 2.25. The minimum atomic E-state index is 0.148. The first-order chi connectivity index (χ1) is 10.8. The van der Waals surface area contributed by atoms with Gasteiger partial charge in [0.1, 0.15) is 12.2 Å². The van der Waals surface area contributed by atoms with E-state index in [1.165, 1.54) is 5.56 Å². The SMILES string of the molecule is O=C(CNC1CCc2ncnn2C1)N1CCc2ccccc21. The third kappa shape index (κ3) is 2.39. The number of benzene rings is 1. The van der Waals surface area contributed by atoms with Gasteiger partial charge in [0.05, 0.1) is 13.1 Å². The second-order valence-corrected chi connectivity index (χ2v) is 5.90. The zero-order valence-corrected chi connectivity index (χ0v) is 12.4. The molecule has 1 aromatic heterocycles. The molecule has 0 radical (unpaired) electrons. The molecule has 2 aliphatic heterocycles. The molecule has 0 aliphatic carbocycles. The van der Waals surface area contributed by atoms with E-state index in [0.717, 1.165) is 43.9 Å². The maximum atomic E-state index is 12.5. The molecular weight excluding hydrogens is 278 g/mol. The molecule has 22 heavy (non-hydrogen) atoms. The summed E-state index contributed by atoms with van der Waals surface area (Å²) >= 11 is 0. The van der Waals surface area contributed by atoms with Crippen molar-refractivity contribution >= 4 is 11.6 Å². The molecule has 6 nitrogen and oxygen atoms in total. The first-order valence-corrected chi connectivity index (χ1v) is 7.79. The summed E-state index contributed by atoms with van der Waals surface area (Å²) in [6.07, 6.45) is 4.47. The maximum absolute atomic E-state index is 12.5. The number of hydrogen-bond acceptors (Lipinski definition) is 4. The number of nitrogens with one attached hydrogen (secondary N) is 1. The molecule has 0 fully saturated rings. The topological polar surface area (TPSA) is 63.1 Å². The molecule has 1 N–H and O–H groups in total. The van der Waals surface area contributed by atoms with Crippen LogP contribution in [0.2, 0.25) is 0 Å². The molecule has 1 aromatic carbocycles. The molecule has 2 aromatic rings. The van der Waals surface area contributed by atoms with E-state index in [2.05, 4.69) is 21.5 Å². The highest BCUT2D eigenvalue weighted by atomic mass is 16.2. The van der Waals surface area contributed by atoms with Crippen molar-refractivity contribution in [2.24, 2.45) is 0 Å². The Morgan fingerprint density at radius 2 is 2.23 bits per heavy atom. The predicted molar refractivity (Wildman–Crippen MR) is 82.6 cm³/mol. The Kier molecular flexibility index (Phi) is 3.38. The van der Waals surface area contributed by atoms with Crippen molar-refractivity contribution in [1.29, 1.82) is 0 Å². The number of amides is 1. The van der Waals surface area contributed by atoms with Crippen molar-refractivity contribution in [3.05, 3.63) is 42.0 Å². The highest BCUT2D eigenvalue weighted by Crippen LogP contribution is 2.27. The number of para-hydroxylation sites is 1. The van der Waals surface area contributed by atoms with E-state index < -0.39 is 0 Å². The van der Waals surface area contributed by atoms with Gasteiger partial charge < -0.3 is 10.2 Å². The molecule has 4 rings (SSSR count). The largest absolute Gasteiger partial charge is 0.311 e. The highest BCUT2D eigenvalue weighted by molar-refractivity contribution is 5.96. The van der Waals surface area contributed by atoms with Crippen molar-refractivity contribution in [2.75, 3.05) is 18.0 Å². The van der Waals surface area contributed by atoms with Crippen LogP contribution in [0.5, 0.6) is 0 Å². The zero-order chi connectivity index (χ0) is 14.9. The van der Waals surface area contributed by atoms with E-state index in [0.29, 0.717) is 6.54 Å². The number of carbonyl (C=O) groups is 1. The van der Waals surface area contributed by atoms with Crippen LogP contribution < -0.4 is 10.2 Å². The Hall–Kier alpha value is -2.21. The summed E-state index contributed by atoms with van der Waals surface area (Å²) in [4.78, 5) is 18.6. The third-order valence-electron chi connectivity index (χ3n) is 4.54. The van der Waals surface area contributed by atoms with E-state index in [4.69, 9.17) is 0 Å². The second-order valence-electron chi connectivity index (χ2n) is 5.90. The molecule has 1 atom stereocenters. The summed E-state index contributed by atoms with van der Waals surface area (Å²) in [6.45, 7) is 1.96. The average molecular weight is 297 g/mol. The Morgan fingerprint density at radius 1 is 1.32 bits per heavy atom. The second kappa shape index (κ2) is 5.53. The lowest BCUT2D eigenvalue weighted by Crippen LogP contribution is -2.44. The Balaban J connectivity index is 1.36. The van der Waals surface area contributed by atoms with Crippen molar-refractivity contribution < 1.29 is 4.79 Å². The van der Waals surface area contributed by atoms with Crippen LogP contribution in [0.1, 0.15) is 17.8 Å². The summed E-state index contributed by atoms with van der Waals surface area (Å²) in [7, 11) is 0. The first kappa shape index (κ1) is 13.5. The molecule has 3 heterocycles. The molecule has 1 unspecified atom stereocenters. The van der Waals surface area contributed by atoms with E-state index in [1.807, 2.05) is 27.8 Å². The van der Waals surface area contributed by atoms with Crippen molar-refractivity contribution in [2.45, 2.75) is 31.8 Å². The molecule has 114 valence electrons. The summed E-state index contributed by atoms with van der Waals surface area (Å²) in [5.74, 6) is 1.19. The Bertz CT molecular complexity index is 695. The summed E-state index contributed by atoms with van der Waals surface area (Å²) < 4.78 is 1.93. The van der Waals surface area contributed by atoms with Gasteiger partial charge in [0.15, 0.2) is 0 Å². The van der Waals surface area contributed by atoms with E-state index in [-0.39, 0.29) is 11.9 Å². The Morgan fingerprint density at radius 3 is 3.18 bits per heavy atom. The standard InChI is InChI=1S/C16H19N5O/c22-16(20-8-7-12-3-1-2-4-14(12)20)9-17-13-5-6-15-18-11-19-21(15)10-13/h1-4,11,13,17H,5-10H2. The van der Waals surface area contributed by atoms with Gasteiger partial charge in [-0.3, -0.25) is 4.79 Å². The Labute approximate surface area is 129 Å². The number of fused-ring (bicyclic) bond motifs is 2. The molecule has 1 amide bonds. The summed E-state index contributed by atoms with van der Waals surface area (Å²) in [5.41, 5.74) is 2.33. The van der Waals surface area contributed by atoms with Crippen LogP contribution in [0, 0.1) is 0 Å². The molecule has 0 saturated heterocycles. The van der Waals surface area contributed by atoms with Gasteiger partial charge >= 0.3 is 0 Å². The van der Waals surface area contributed by atoms with E-state index in [9.17, 15) is 4.79 Å². The molecule has 2 aliphatic rings. The maximum Gasteiger partial charge on any atom is 0.240 e. The molecule has 6 heteroatoms. The van der Waals surface area contributed by atoms with Crippen molar-refractivity contribution in [3.8, 4) is 0 Å². The van der Waals surface area contributed by atoms with E-state index >= 15 is 0 Å². The zero-order valence-electron chi connectivity index (χ0n) is 12.4. The van der Waals surface area contributed by atoms with Crippen LogP contribution in [0.25, 0.3) is 0 Å². The monoisotopic (exact) mass is 297 g/mol. The molecule has 0 bridgehead atoms. The summed E-state index contributed by atoms with van der Waals surface area (Å²) in [6, 6.07) is 8.44. The van der Waals surface area contributed by atoms with Crippen LogP contribution in [-0.4, -0.2) is 39.8 Å². The minimum absolute atomic E-state index is 0.148. The number of anilines is 1.